The van der Waals surface area contributed by atoms with Crippen molar-refractivity contribution in [3.05, 3.63) is 120 Å². The summed E-state index contributed by atoms with van der Waals surface area (Å²) in [6, 6.07) is 18.9. The Labute approximate surface area is 256 Å². The number of rotatable bonds is 1. The van der Waals surface area contributed by atoms with Gasteiger partial charge in [0.1, 0.15) is 0 Å². The van der Waals surface area contributed by atoms with Gasteiger partial charge < -0.3 is 9.13 Å². The van der Waals surface area contributed by atoms with Gasteiger partial charge in [0.15, 0.2) is 0 Å². The predicted molar refractivity (Wildman–Crippen MR) is 173 cm³/mol. The molecule has 2 heteroatoms. The van der Waals surface area contributed by atoms with Crippen molar-refractivity contribution in [1.82, 2.24) is 9.13 Å². The summed E-state index contributed by atoms with van der Waals surface area (Å²) in [4.78, 5) is 0. The minimum Gasteiger partial charge on any atom is -0.309 e. The molecule has 42 heavy (non-hydrogen) atoms. The standard InChI is InChI=1S/C40H32N2/c1-4-13-35-29(8-1)30-9-2-5-14-36(30)41(35)28-16-17-37-32(23-28)31-10-7-12-34-39(31)42(37)38-15-6-3-11-33(38)40(34)26-19-24-18-25(21-26)22-27(40)20-24/h1-17,23-27H,18-22H2/i1D,2D,4D,5D,8D,9D,13D,14D. The number of hydrogen-bond donors (Lipinski definition) is 0. The van der Waals surface area contributed by atoms with E-state index < -0.39 is 24.2 Å². The molecule has 2 aromatic heterocycles. The van der Waals surface area contributed by atoms with Gasteiger partial charge in [0.25, 0.3) is 0 Å². The van der Waals surface area contributed by atoms with E-state index in [9.17, 15) is 0 Å². The van der Waals surface area contributed by atoms with E-state index in [2.05, 4.69) is 53.1 Å². The van der Waals surface area contributed by atoms with E-state index >= 15 is 0 Å². The second-order valence-electron chi connectivity index (χ2n) is 13.2. The Morgan fingerprint density at radius 3 is 1.98 bits per heavy atom. The van der Waals surface area contributed by atoms with E-state index in [1.165, 1.54) is 54.4 Å². The van der Waals surface area contributed by atoms with Gasteiger partial charge in [-0.1, -0.05) is 72.7 Å². The van der Waals surface area contributed by atoms with Crippen molar-refractivity contribution in [3.8, 4) is 11.4 Å². The van der Waals surface area contributed by atoms with Gasteiger partial charge in [0, 0.05) is 32.6 Å². The van der Waals surface area contributed by atoms with Crippen molar-refractivity contribution in [3.63, 3.8) is 0 Å². The molecular formula is C40H32N2. The number of nitrogens with zero attached hydrogens (tertiary/aromatic N) is 2. The molecule has 4 saturated carbocycles. The molecule has 2 nitrogen and oxygen atoms in total. The normalized spacial score (nSPS) is 29.8. The second-order valence-corrected chi connectivity index (χ2v) is 13.2. The minimum absolute atomic E-state index is 0.0319. The Kier molecular flexibility index (Phi) is 2.94. The summed E-state index contributed by atoms with van der Waals surface area (Å²) in [5.41, 5.74) is 7.18. The van der Waals surface area contributed by atoms with Crippen LogP contribution in [-0.2, 0) is 5.41 Å². The SMILES string of the molecule is [2H]c1c([2H])c([2H])c2c(c1[2H])c1c([2H])c([2H])c([2H])c([2H])c1n2-c1ccc2c(c1)c1cccc3c1n2-c1ccccc1C31C2CC3CC(C2)CC1C3. The molecule has 0 unspecified atom stereocenters. The smallest absolute Gasteiger partial charge is 0.0645 e. The van der Waals surface area contributed by atoms with E-state index in [0.29, 0.717) is 17.5 Å². The lowest BCUT2D eigenvalue weighted by Crippen LogP contribution is -2.57. The maximum atomic E-state index is 9.00. The summed E-state index contributed by atoms with van der Waals surface area (Å²) in [6.45, 7) is 0. The Morgan fingerprint density at radius 1 is 0.571 bits per heavy atom. The largest absolute Gasteiger partial charge is 0.309 e. The van der Waals surface area contributed by atoms with Crippen LogP contribution in [0, 0.1) is 23.7 Å². The molecule has 0 N–H and O–H groups in total. The van der Waals surface area contributed by atoms with Gasteiger partial charge in [-0.05, 0) is 103 Å². The fourth-order valence-electron chi connectivity index (χ4n) is 10.4. The molecule has 3 heterocycles. The van der Waals surface area contributed by atoms with Gasteiger partial charge in [-0.15, -0.1) is 0 Å². The Morgan fingerprint density at radius 2 is 1.24 bits per heavy atom. The highest BCUT2D eigenvalue weighted by Gasteiger charge is 2.60. The molecule has 0 radical (unpaired) electrons. The van der Waals surface area contributed by atoms with E-state index in [-0.39, 0.29) is 51.4 Å². The zero-order chi connectivity index (χ0) is 34.1. The molecule has 0 amide bonds. The third kappa shape index (κ3) is 2.48. The molecule has 4 bridgehead atoms. The minimum atomic E-state index is -0.434. The molecule has 7 aromatic rings. The first-order chi connectivity index (χ1) is 24.1. The summed E-state index contributed by atoms with van der Waals surface area (Å²) in [5, 5.41) is 2.30. The average molecular weight is 549 g/mol. The summed E-state index contributed by atoms with van der Waals surface area (Å²) in [5.74, 6) is 2.88. The third-order valence-corrected chi connectivity index (χ3v) is 11.5. The van der Waals surface area contributed by atoms with E-state index in [1.54, 1.807) is 4.57 Å². The zero-order valence-electron chi connectivity index (χ0n) is 31.0. The molecule has 4 fully saturated rings. The van der Waals surface area contributed by atoms with Crippen molar-refractivity contribution in [2.24, 2.45) is 23.7 Å². The van der Waals surface area contributed by atoms with E-state index in [4.69, 9.17) is 11.0 Å². The lowest BCUT2D eigenvalue weighted by atomic mass is 9.41. The first-order valence-corrected chi connectivity index (χ1v) is 15.3. The molecule has 4 aliphatic carbocycles. The zero-order valence-corrected chi connectivity index (χ0v) is 23.0. The summed E-state index contributed by atoms with van der Waals surface area (Å²) >= 11 is 0. The topological polar surface area (TPSA) is 9.86 Å². The summed E-state index contributed by atoms with van der Waals surface area (Å²) < 4.78 is 73.7. The lowest BCUT2D eigenvalue weighted by Gasteiger charge is -2.63. The Hall–Kier alpha value is -4.30. The maximum Gasteiger partial charge on any atom is 0.0645 e. The fourth-order valence-corrected chi connectivity index (χ4v) is 10.4. The Balaban J connectivity index is 1.27. The quantitative estimate of drug-likeness (QED) is 0.193. The highest BCUT2D eigenvalue weighted by atomic mass is 15.0. The first kappa shape index (κ1) is 16.4. The summed E-state index contributed by atoms with van der Waals surface area (Å²) in [6.07, 6.45) is 6.53. The van der Waals surface area contributed by atoms with Crippen LogP contribution < -0.4 is 0 Å². The number of aromatic nitrogens is 2. The highest BCUT2D eigenvalue weighted by Crippen LogP contribution is 2.67. The van der Waals surface area contributed by atoms with Crippen molar-refractivity contribution in [2.45, 2.75) is 37.5 Å². The molecule has 5 aromatic carbocycles. The van der Waals surface area contributed by atoms with Crippen molar-refractivity contribution < 1.29 is 11.0 Å². The van der Waals surface area contributed by atoms with Crippen LogP contribution in [0.3, 0.4) is 0 Å². The molecule has 5 aliphatic rings. The van der Waals surface area contributed by atoms with Crippen LogP contribution in [0.4, 0.5) is 0 Å². The van der Waals surface area contributed by atoms with Crippen molar-refractivity contribution in [1.29, 1.82) is 0 Å². The highest BCUT2D eigenvalue weighted by molar-refractivity contribution is 6.13. The molecule has 0 atom stereocenters. The average Bonchev–Trinajstić information content (AvgIpc) is 3.65. The summed E-state index contributed by atoms with van der Waals surface area (Å²) in [7, 11) is 0. The van der Waals surface area contributed by atoms with Gasteiger partial charge in [-0.3, -0.25) is 0 Å². The van der Waals surface area contributed by atoms with Crippen LogP contribution in [0.2, 0.25) is 0 Å². The number of fused-ring (bicyclic) bond motifs is 8. The van der Waals surface area contributed by atoms with Crippen LogP contribution in [0.25, 0.3) is 55.0 Å². The molecule has 1 spiro atoms. The van der Waals surface area contributed by atoms with E-state index in [0.717, 1.165) is 28.1 Å². The molecular weight excluding hydrogens is 508 g/mol. The van der Waals surface area contributed by atoms with E-state index in [1.807, 2.05) is 12.1 Å². The van der Waals surface area contributed by atoms with Crippen LogP contribution in [0.15, 0.2) is 109 Å². The maximum absolute atomic E-state index is 9.00. The van der Waals surface area contributed by atoms with Gasteiger partial charge in [0.2, 0.25) is 0 Å². The fraction of sp³-hybridized carbons (Fsp3) is 0.250. The van der Waals surface area contributed by atoms with Crippen molar-refractivity contribution in [2.75, 3.05) is 0 Å². The van der Waals surface area contributed by atoms with Gasteiger partial charge in [-0.2, -0.15) is 0 Å². The van der Waals surface area contributed by atoms with Gasteiger partial charge >= 0.3 is 0 Å². The van der Waals surface area contributed by atoms with Crippen LogP contribution in [-0.4, -0.2) is 9.13 Å². The van der Waals surface area contributed by atoms with Gasteiger partial charge in [0.05, 0.1) is 38.7 Å². The monoisotopic (exact) mass is 548 g/mol. The molecule has 12 rings (SSSR count). The number of hydrogen-bond acceptors (Lipinski definition) is 0. The molecule has 1 aliphatic heterocycles. The lowest BCUT2D eigenvalue weighted by molar-refractivity contribution is -0.0418. The Bertz CT molecular complexity index is 2620. The van der Waals surface area contributed by atoms with Crippen molar-refractivity contribution >= 4 is 43.6 Å². The van der Waals surface area contributed by atoms with Crippen LogP contribution in [0.5, 0.6) is 0 Å². The third-order valence-electron chi connectivity index (χ3n) is 11.5. The first-order valence-electron chi connectivity index (χ1n) is 19.3. The van der Waals surface area contributed by atoms with Crippen LogP contribution >= 0.6 is 0 Å². The molecule has 202 valence electrons. The van der Waals surface area contributed by atoms with Crippen LogP contribution in [0.1, 0.15) is 54.2 Å². The molecule has 0 saturated heterocycles. The number of para-hydroxylation sites is 4. The predicted octanol–water partition coefficient (Wildman–Crippen LogP) is 9.94. The van der Waals surface area contributed by atoms with Gasteiger partial charge in [-0.25, -0.2) is 0 Å². The second kappa shape index (κ2) is 7.55. The number of benzene rings is 5.